The van der Waals surface area contributed by atoms with E-state index in [0.29, 0.717) is 24.0 Å². The maximum absolute atomic E-state index is 11.0. The van der Waals surface area contributed by atoms with Gasteiger partial charge in [-0.3, -0.25) is 10.1 Å². The van der Waals surface area contributed by atoms with Crippen LogP contribution < -0.4 is 4.74 Å². The zero-order valence-electron chi connectivity index (χ0n) is 11.2. The molecule has 1 aromatic carbocycles. The average molecular weight is 267 g/mol. The minimum Gasteiger partial charge on any atom is -0.479 e. The summed E-state index contributed by atoms with van der Waals surface area (Å²) in [6.07, 6.45) is 0.0338. The van der Waals surface area contributed by atoms with Crippen molar-refractivity contribution in [3.8, 4) is 5.75 Å². The summed E-state index contributed by atoms with van der Waals surface area (Å²) < 4.78 is 5.39. The zero-order valence-corrected chi connectivity index (χ0v) is 11.2. The number of nitro benzene ring substituents is 1. The third-order valence-electron chi connectivity index (χ3n) is 2.79. The van der Waals surface area contributed by atoms with Crippen LogP contribution in [0.3, 0.4) is 0 Å². The quantitative estimate of drug-likeness (QED) is 0.632. The fraction of sp³-hybridized carbons (Fsp3) is 0.462. The van der Waals surface area contributed by atoms with Crippen LogP contribution in [0.2, 0.25) is 0 Å². The van der Waals surface area contributed by atoms with Crippen LogP contribution in [0.15, 0.2) is 12.1 Å². The molecular weight excluding hydrogens is 250 g/mol. The Balaban J connectivity index is 3.09. The number of nitrogens with zero attached hydrogens (tertiary/aromatic N) is 1. The first-order chi connectivity index (χ1) is 8.86. The first kappa shape index (κ1) is 14.9. The third-order valence-corrected chi connectivity index (χ3v) is 2.79. The van der Waals surface area contributed by atoms with Crippen LogP contribution in [0.5, 0.6) is 5.75 Å². The van der Waals surface area contributed by atoms with Crippen molar-refractivity contribution in [1.29, 1.82) is 0 Å². The second kappa shape index (κ2) is 6.17. The molecule has 0 spiro atoms. The van der Waals surface area contributed by atoms with Gasteiger partial charge in [0.15, 0.2) is 6.10 Å². The maximum atomic E-state index is 11.0. The third kappa shape index (κ3) is 3.67. The number of benzene rings is 1. The lowest BCUT2D eigenvalue weighted by Crippen LogP contribution is -2.27. The molecule has 6 heteroatoms. The van der Waals surface area contributed by atoms with Gasteiger partial charge in [0.25, 0.3) is 5.69 Å². The lowest BCUT2D eigenvalue weighted by Gasteiger charge is -2.16. The predicted molar refractivity (Wildman–Crippen MR) is 69.5 cm³/mol. The summed E-state index contributed by atoms with van der Waals surface area (Å²) >= 11 is 0. The highest BCUT2D eigenvalue weighted by atomic mass is 16.6. The summed E-state index contributed by atoms with van der Waals surface area (Å²) in [6, 6.07) is 2.91. The molecule has 0 aliphatic heterocycles. The Morgan fingerprint density at radius 3 is 2.53 bits per heavy atom. The molecule has 0 heterocycles. The number of ether oxygens (including phenoxy) is 1. The topological polar surface area (TPSA) is 89.7 Å². The van der Waals surface area contributed by atoms with E-state index in [1.54, 1.807) is 19.9 Å². The number of aryl methyl sites for hydroxylation is 2. The summed E-state index contributed by atoms with van der Waals surface area (Å²) in [4.78, 5) is 21.4. The van der Waals surface area contributed by atoms with Gasteiger partial charge in [-0.05, 0) is 31.9 Å². The van der Waals surface area contributed by atoms with Gasteiger partial charge >= 0.3 is 5.97 Å². The van der Waals surface area contributed by atoms with E-state index in [-0.39, 0.29) is 11.4 Å². The molecule has 1 N–H and O–H groups in total. The molecule has 1 unspecified atom stereocenters. The number of carbonyl (C=O) groups is 1. The van der Waals surface area contributed by atoms with Crippen LogP contribution in [-0.2, 0) is 4.79 Å². The monoisotopic (exact) mass is 267 g/mol. The van der Waals surface area contributed by atoms with Crippen LogP contribution in [0, 0.1) is 24.0 Å². The zero-order chi connectivity index (χ0) is 14.6. The molecule has 0 aliphatic rings. The molecule has 6 nitrogen and oxygen atoms in total. The largest absolute Gasteiger partial charge is 0.479 e. The number of hydrogen-bond acceptors (Lipinski definition) is 4. The van der Waals surface area contributed by atoms with Crippen molar-refractivity contribution < 1.29 is 19.6 Å². The molecule has 0 fully saturated rings. The SMILES string of the molecule is CCCC(Oc1cc([N+](=O)[O-])c(C)cc1C)C(=O)O. The molecular formula is C13H17NO5. The fourth-order valence-electron chi connectivity index (χ4n) is 1.79. The number of aliphatic carboxylic acids is 1. The highest BCUT2D eigenvalue weighted by Gasteiger charge is 2.21. The van der Waals surface area contributed by atoms with E-state index < -0.39 is 17.0 Å². The Labute approximate surface area is 111 Å². The Morgan fingerprint density at radius 2 is 2.05 bits per heavy atom. The van der Waals surface area contributed by atoms with Crippen LogP contribution in [0.4, 0.5) is 5.69 Å². The Bertz CT molecular complexity index is 498. The molecule has 1 atom stereocenters. The van der Waals surface area contributed by atoms with E-state index in [4.69, 9.17) is 9.84 Å². The van der Waals surface area contributed by atoms with Crippen molar-refractivity contribution in [3.05, 3.63) is 33.4 Å². The molecule has 0 bridgehead atoms. The highest BCUT2D eigenvalue weighted by Crippen LogP contribution is 2.29. The lowest BCUT2D eigenvalue weighted by atomic mass is 10.1. The van der Waals surface area contributed by atoms with E-state index in [0.717, 1.165) is 0 Å². The normalized spacial score (nSPS) is 11.9. The van der Waals surface area contributed by atoms with E-state index in [1.165, 1.54) is 6.07 Å². The average Bonchev–Trinajstić information content (AvgIpc) is 2.30. The van der Waals surface area contributed by atoms with Crippen molar-refractivity contribution >= 4 is 11.7 Å². The van der Waals surface area contributed by atoms with Crippen molar-refractivity contribution in [1.82, 2.24) is 0 Å². The number of rotatable bonds is 6. The van der Waals surface area contributed by atoms with E-state index in [2.05, 4.69) is 0 Å². The first-order valence-corrected chi connectivity index (χ1v) is 6.02. The van der Waals surface area contributed by atoms with Crippen molar-refractivity contribution in [2.45, 2.75) is 39.7 Å². The number of nitro groups is 1. The summed E-state index contributed by atoms with van der Waals surface area (Å²) in [6.45, 7) is 5.22. The van der Waals surface area contributed by atoms with Crippen LogP contribution in [0.1, 0.15) is 30.9 Å². The first-order valence-electron chi connectivity index (χ1n) is 6.02. The smallest absolute Gasteiger partial charge is 0.344 e. The molecule has 0 amide bonds. The molecule has 0 saturated carbocycles. The minimum absolute atomic E-state index is 0.0683. The van der Waals surface area contributed by atoms with Gasteiger partial charge in [-0.2, -0.15) is 0 Å². The van der Waals surface area contributed by atoms with Gasteiger partial charge in [0.1, 0.15) is 5.75 Å². The highest BCUT2D eigenvalue weighted by molar-refractivity contribution is 5.72. The second-order valence-corrected chi connectivity index (χ2v) is 4.39. The molecule has 0 saturated heterocycles. The lowest BCUT2D eigenvalue weighted by molar-refractivity contribution is -0.385. The van der Waals surface area contributed by atoms with Crippen LogP contribution >= 0.6 is 0 Å². The Morgan fingerprint density at radius 1 is 1.42 bits per heavy atom. The molecule has 19 heavy (non-hydrogen) atoms. The van der Waals surface area contributed by atoms with Gasteiger partial charge in [0, 0.05) is 5.56 Å². The van der Waals surface area contributed by atoms with Crippen LogP contribution in [-0.4, -0.2) is 22.1 Å². The number of carboxylic acids is 1. The summed E-state index contributed by atoms with van der Waals surface area (Å²) in [5, 5.41) is 19.9. The van der Waals surface area contributed by atoms with E-state index in [9.17, 15) is 14.9 Å². The van der Waals surface area contributed by atoms with Gasteiger partial charge in [-0.15, -0.1) is 0 Å². The standard InChI is InChI=1S/C13H17NO5/c1-4-5-11(13(15)16)19-12-7-10(14(17)18)8(2)6-9(12)3/h6-7,11H,4-5H2,1-3H3,(H,15,16). The van der Waals surface area contributed by atoms with Gasteiger partial charge in [0.05, 0.1) is 11.0 Å². The maximum Gasteiger partial charge on any atom is 0.344 e. The van der Waals surface area contributed by atoms with Crippen molar-refractivity contribution in [2.75, 3.05) is 0 Å². The minimum atomic E-state index is -1.07. The summed E-state index contributed by atoms with van der Waals surface area (Å²) in [5.74, 6) is -0.817. The molecule has 104 valence electrons. The van der Waals surface area contributed by atoms with Crippen molar-refractivity contribution in [2.24, 2.45) is 0 Å². The van der Waals surface area contributed by atoms with Crippen molar-refractivity contribution in [3.63, 3.8) is 0 Å². The molecule has 1 rings (SSSR count). The van der Waals surface area contributed by atoms with Gasteiger partial charge in [0.2, 0.25) is 0 Å². The molecule has 0 aromatic heterocycles. The fourth-order valence-corrected chi connectivity index (χ4v) is 1.79. The predicted octanol–water partition coefficient (Wildman–Crippen LogP) is 2.84. The van der Waals surface area contributed by atoms with Gasteiger partial charge in [-0.25, -0.2) is 4.79 Å². The van der Waals surface area contributed by atoms with Gasteiger partial charge in [-0.1, -0.05) is 13.3 Å². The Kier molecular flexibility index (Phi) is 4.86. The molecule has 0 aliphatic carbocycles. The number of hydrogen-bond donors (Lipinski definition) is 1. The summed E-state index contributed by atoms with van der Waals surface area (Å²) in [7, 11) is 0. The second-order valence-electron chi connectivity index (χ2n) is 4.39. The molecule has 0 radical (unpaired) electrons. The van der Waals surface area contributed by atoms with Crippen LogP contribution in [0.25, 0.3) is 0 Å². The number of carboxylic acid groups (broad SMARTS) is 1. The Hall–Kier alpha value is -2.11. The molecule has 1 aromatic rings. The summed E-state index contributed by atoms with van der Waals surface area (Å²) in [5.41, 5.74) is 1.14. The van der Waals surface area contributed by atoms with E-state index >= 15 is 0 Å². The van der Waals surface area contributed by atoms with E-state index in [1.807, 2.05) is 6.92 Å². The van der Waals surface area contributed by atoms with Gasteiger partial charge < -0.3 is 9.84 Å².